The number of thiophene rings is 1. The van der Waals surface area contributed by atoms with Crippen molar-refractivity contribution >= 4 is 44.6 Å². The molecule has 0 bridgehead atoms. The van der Waals surface area contributed by atoms with Gasteiger partial charge in [-0.15, -0.1) is 11.3 Å². The lowest BCUT2D eigenvalue weighted by atomic mass is 10.2. The highest BCUT2D eigenvalue weighted by Crippen LogP contribution is 2.16. The minimum Gasteiger partial charge on any atom is -0.319 e. The number of hydrogen-bond donors (Lipinski definition) is 1. The number of Topliss-reactive ketones (excluding diaryl/α,β-unsaturated/α-hetero) is 1. The normalized spacial score (nSPS) is 9.94. The topological polar surface area (TPSA) is 46.2 Å². The molecule has 2 aromatic rings. The molecule has 0 unspecified atom stereocenters. The average Bonchev–Trinajstić information content (AvgIpc) is 2.81. The Morgan fingerprint density at radius 3 is 2.65 bits per heavy atom. The molecule has 17 heavy (non-hydrogen) atoms. The third-order valence-electron chi connectivity index (χ3n) is 2.03. The molecule has 0 aliphatic rings. The molecular weight excluding hydrogens is 302 g/mol. The molecule has 1 heterocycles. The Balaban J connectivity index is 2.10. The van der Waals surface area contributed by atoms with E-state index in [1.165, 1.54) is 11.3 Å². The van der Waals surface area contributed by atoms with Crippen LogP contribution in [0.4, 0.5) is 5.69 Å². The molecular formula is C12H8BrNO2S. The summed E-state index contributed by atoms with van der Waals surface area (Å²) in [4.78, 5) is 23.8. The number of carbonyl (C=O) groups is 2. The Morgan fingerprint density at radius 2 is 2.00 bits per heavy atom. The third-order valence-corrected chi connectivity index (χ3v) is 3.40. The molecule has 0 aliphatic heterocycles. The number of anilines is 1. The fraction of sp³-hybridized carbons (Fsp3) is 0. The second-order valence-corrected chi connectivity index (χ2v) is 5.13. The summed E-state index contributed by atoms with van der Waals surface area (Å²) in [5, 5.41) is 4.32. The fourth-order valence-corrected chi connectivity index (χ4v) is 2.33. The van der Waals surface area contributed by atoms with Crippen LogP contribution in [0.25, 0.3) is 0 Å². The monoisotopic (exact) mass is 309 g/mol. The minimum atomic E-state index is -0.620. The van der Waals surface area contributed by atoms with Gasteiger partial charge in [0.2, 0.25) is 0 Å². The number of rotatable bonds is 3. The van der Waals surface area contributed by atoms with E-state index in [1.807, 2.05) is 6.07 Å². The van der Waals surface area contributed by atoms with Gasteiger partial charge in [-0.3, -0.25) is 9.59 Å². The maximum absolute atomic E-state index is 11.7. The molecule has 0 aliphatic carbocycles. The van der Waals surface area contributed by atoms with E-state index in [-0.39, 0.29) is 0 Å². The summed E-state index contributed by atoms with van der Waals surface area (Å²) in [6, 6.07) is 10.5. The summed E-state index contributed by atoms with van der Waals surface area (Å²) in [6.07, 6.45) is 0. The first-order valence-corrected chi connectivity index (χ1v) is 6.49. The summed E-state index contributed by atoms with van der Waals surface area (Å²) < 4.78 is 0.846. The quantitative estimate of drug-likeness (QED) is 0.698. The first kappa shape index (κ1) is 12.0. The van der Waals surface area contributed by atoms with E-state index in [0.29, 0.717) is 10.6 Å². The average molecular weight is 310 g/mol. The Morgan fingerprint density at radius 1 is 1.18 bits per heavy atom. The molecule has 1 N–H and O–H groups in total. The lowest BCUT2D eigenvalue weighted by molar-refractivity contribution is -0.112. The maximum atomic E-state index is 11.7. The van der Waals surface area contributed by atoms with E-state index in [4.69, 9.17) is 0 Å². The second kappa shape index (κ2) is 5.25. The maximum Gasteiger partial charge on any atom is 0.297 e. The Kier molecular flexibility index (Phi) is 3.71. The number of nitrogens with one attached hydrogen (secondary N) is 1. The second-order valence-electron chi connectivity index (χ2n) is 3.27. The first-order valence-electron chi connectivity index (χ1n) is 4.81. The predicted octanol–water partition coefficient (Wildman–Crippen LogP) is 3.33. The van der Waals surface area contributed by atoms with Crippen LogP contribution in [0.3, 0.4) is 0 Å². The predicted molar refractivity (Wildman–Crippen MR) is 71.4 cm³/mol. The number of carbonyl (C=O) groups excluding carboxylic acids is 2. The van der Waals surface area contributed by atoms with Crippen LogP contribution in [-0.4, -0.2) is 11.7 Å². The van der Waals surface area contributed by atoms with Gasteiger partial charge in [-0.1, -0.05) is 28.1 Å². The highest BCUT2D eigenvalue weighted by Gasteiger charge is 2.16. The van der Waals surface area contributed by atoms with E-state index in [2.05, 4.69) is 21.2 Å². The van der Waals surface area contributed by atoms with E-state index in [9.17, 15) is 9.59 Å². The van der Waals surface area contributed by atoms with Gasteiger partial charge in [0.1, 0.15) is 0 Å². The number of benzene rings is 1. The first-order chi connectivity index (χ1) is 8.16. The molecule has 3 nitrogen and oxygen atoms in total. The van der Waals surface area contributed by atoms with Gasteiger partial charge in [0.25, 0.3) is 11.7 Å². The van der Waals surface area contributed by atoms with Gasteiger partial charge in [-0.05, 0) is 29.6 Å². The Labute approximate surface area is 111 Å². The van der Waals surface area contributed by atoms with Gasteiger partial charge in [-0.2, -0.15) is 0 Å². The Bertz CT molecular complexity index is 551. The van der Waals surface area contributed by atoms with Crippen molar-refractivity contribution < 1.29 is 9.59 Å². The van der Waals surface area contributed by atoms with Gasteiger partial charge in [0.15, 0.2) is 0 Å². The summed E-state index contributed by atoms with van der Waals surface area (Å²) in [5.74, 6) is -1.13. The van der Waals surface area contributed by atoms with Crippen molar-refractivity contribution in [1.82, 2.24) is 0 Å². The van der Waals surface area contributed by atoms with Gasteiger partial charge >= 0.3 is 0 Å². The van der Waals surface area contributed by atoms with Crippen molar-refractivity contribution in [3.8, 4) is 0 Å². The standard InChI is InChI=1S/C12H8BrNO2S/c13-8-3-1-4-9(7-8)14-12(16)11(15)10-5-2-6-17-10/h1-7H,(H,14,16). The molecule has 1 aromatic carbocycles. The van der Waals surface area contributed by atoms with E-state index in [1.54, 1.807) is 35.7 Å². The number of hydrogen-bond acceptors (Lipinski definition) is 3. The summed E-state index contributed by atoms with van der Waals surface area (Å²) in [6.45, 7) is 0. The van der Waals surface area contributed by atoms with Crippen molar-refractivity contribution in [2.45, 2.75) is 0 Å². The zero-order valence-electron chi connectivity index (χ0n) is 8.64. The van der Waals surface area contributed by atoms with Crippen LogP contribution in [0.15, 0.2) is 46.3 Å². The number of amides is 1. The highest BCUT2D eigenvalue weighted by molar-refractivity contribution is 9.10. The van der Waals surface area contributed by atoms with E-state index >= 15 is 0 Å². The van der Waals surface area contributed by atoms with Crippen LogP contribution >= 0.6 is 27.3 Å². The molecule has 0 saturated carbocycles. The lowest BCUT2D eigenvalue weighted by Gasteiger charge is -2.03. The van der Waals surface area contributed by atoms with Gasteiger partial charge in [-0.25, -0.2) is 0 Å². The van der Waals surface area contributed by atoms with Crippen LogP contribution in [0.1, 0.15) is 9.67 Å². The minimum absolute atomic E-state index is 0.442. The number of halogens is 1. The Hall–Kier alpha value is -1.46. The fourth-order valence-electron chi connectivity index (χ4n) is 1.27. The summed E-state index contributed by atoms with van der Waals surface area (Å²) in [5.41, 5.74) is 0.592. The van der Waals surface area contributed by atoms with Crippen LogP contribution in [-0.2, 0) is 4.79 Å². The largest absolute Gasteiger partial charge is 0.319 e. The summed E-state index contributed by atoms with van der Waals surface area (Å²) >= 11 is 4.55. The van der Waals surface area contributed by atoms with E-state index in [0.717, 1.165) is 4.47 Å². The van der Waals surface area contributed by atoms with Crippen molar-refractivity contribution in [1.29, 1.82) is 0 Å². The molecule has 0 atom stereocenters. The number of ketones is 1. The van der Waals surface area contributed by atoms with Crippen molar-refractivity contribution in [2.24, 2.45) is 0 Å². The van der Waals surface area contributed by atoms with Gasteiger partial charge < -0.3 is 5.32 Å². The van der Waals surface area contributed by atoms with Gasteiger partial charge in [0, 0.05) is 10.2 Å². The molecule has 0 saturated heterocycles. The molecule has 0 radical (unpaired) electrons. The molecule has 1 amide bonds. The smallest absolute Gasteiger partial charge is 0.297 e. The SMILES string of the molecule is O=C(Nc1cccc(Br)c1)C(=O)c1cccs1. The van der Waals surface area contributed by atoms with E-state index < -0.39 is 11.7 Å². The third kappa shape index (κ3) is 3.01. The van der Waals surface area contributed by atoms with Crippen molar-refractivity contribution in [2.75, 3.05) is 5.32 Å². The van der Waals surface area contributed by atoms with Crippen LogP contribution in [0, 0.1) is 0 Å². The molecule has 2 rings (SSSR count). The van der Waals surface area contributed by atoms with Crippen LogP contribution in [0.5, 0.6) is 0 Å². The van der Waals surface area contributed by atoms with Crippen LogP contribution in [0.2, 0.25) is 0 Å². The lowest BCUT2D eigenvalue weighted by Crippen LogP contribution is -2.21. The molecule has 86 valence electrons. The highest BCUT2D eigenvalue weighted by atomic mass is 79.9. The zero-order valence-corrected chi connectivity index (χ0v) is 11.0. The molecule has 0 fully saturated rings. The molecule has 0 spiro atoms. The molecule has 1 aromatic heterocycles. The van der Waals surface area contributed by atoms with Crippen molar-refractivity contribution in [3.05, 3.63) is 51.1 Å². The van der Waals surface area contributed by atoms with Crippen LogP contribution < -0.4 is 5.32 Å². The van der Waals surface area contributed by atoms with Gasteiger partial charge in [0.05, 0.1) is 4.88 Å². The summed E-state index contributed by atoms with van der Waals surface area (Å²) in [7, 11) is 0. The zero-order chi connectivity index (χ0) is 12.3. The molecule has 5 heteroatoms. The van der Waals surface area contributed by atoms with Crippen molar-refractivity contribution in [3.63, 3.8) is 0 Å².